The van der Waals surface area contributed by atoms with Crippen LogP contribution in [-0.4, -0.2) is 9.55 Å². The molecule has 19 heavy (non-hydrogen) atoms. The second kappa shape index (κ2) is 4.28. The zero-order chi connectivity index (χ0) is 13.6. The summed E-state index contributed by atoms with van der Waals surface area (Å²) >= 11 is 6.09. The second-order valence-corrected chi connectivity index (χ2v) is 5.16. The predicted molar refractivity (Wildman–Crippen MR) is 80.0 cm³/mol. The molecule has 4 heteroatoms. The number of nitrogens with two attached hydrogens (primary N) is 1. The molecule has 3 rings (SSSR count). The maximum atomic E-state index is 6.09. The highest BCUT2D eigenvalue weighted by molar-refractivity contribution is 6.30. The van der Waals surface area contributed by atoms with Gasteiger partial charge in [-0.05, 0) is 49.2 Å². The summed E-state index contributed by atoms with van der Waals surface area (Å²) in [5.74, 6) is 0.478. The van der Waals surface area contributed by atoms with Crippen molar-refractivity contribution in [3.63, 3.8) is 0 Å². The fourth-order valence-electron chi connectivity index (χ4n) is 2.29. The van der Waals surface area contributed by atoms with Crippen LogP contribution in [0.4, 0.5) is 5.95 Å². The van der Waals surface area contributed by atoms with Crippen LogP contribution in [0.1, 0.15) is 11.1 Å². The molecule has 1 heterocycles. The van der Waals surface area contributed by atoms with Crippen molar-refractivity contribution in [3.8, 4) is 5.69 Å². The van der Waals surface area contributed by atoms with Gasteiger partial charge in [-0.15, -0.1) is 0 Å². The third-order valence-corrected chi connectivity index (χ3v) is 3.48. The summed E-state index contributed by atoms with van der Waals surface area (Å²) in [6, 6.07) is 11.9. The standard InChI is InChI=1S/C15H14ClN3/c1-9-3-6-13-12(7-9)18-15(17)19(13)14-8-11(16)5-4-10(14)2/h3-8H,1-2H3,(H2,17,18). The fourth-order valence-corrected chi connectivity index (χ4v) is 2.45. The Morgan fingerprint density at radius 2 is 1.89 bits per heavy atom. The van der Waals surface area contributed by atoms with Gasteiger partial charge in [-0.3, -0.25) is 4.57 Å². The molecule has 3 aromatic rings. The van der Waals surface area contributed by atoms with E-state index in [-0.39, 0.29) is 0 Å². The molecule has 0 aliphatic heterocycles. The molecule has 3 nitrogen and oxygen atoms in total. The Hall–Kier alpha value is -2.00. The number of aryl methyl sites for hydroxylation is 2. The summed E-state index contributed by atoms with van der Waals surface area (Å²) in [7, 11) is 0. The number of benzene rings is 2. The van der Waals surface area contributed by atoms with Gasteiger partial charge in [0.15, 0.2) is 0 Å². The first kappa shape index (κ1) is 12.1. The maximum absolute atomic E-state index is 6.09. The molecule has 2 N–H and O–H groups in total. The minimum atomic E-state index is 0.478. The largest absolute Gasteiger partial charge is 0.369 e. The molecule has 0 saturated carbocycles. The number of nitrogens with zero attached hydrogens (tertiary/aromatic N) is 2. The van der Waals surface area contributed by atoms with Crippen molar-refractivity contribution in [2.24, 2.45) is 0 Å². The molecule has 1 aromatic heterocycles. The lowest BCUT2D eigenvalue weighted by Crippen LogP contribution is -2.02. The van der Waals surface area contributed by atoms with Crippen LogP contribution in [0.5, 0.6) is 0 Å². The number of rotatable bonds is 1. The Balaban J connectivity index is 2.36. The smallest absolute Gasteiger partial charge is 0.205 e. The summed E-state index contributed by atoms with van der Waals surface area (Å²) in [4.78, 5) is 4.42. The number of hydrogen-bond acceptors (Lipinski definition) is 2. The van der Waals surface area contributed by atoms with Crippen LogP contribution < -0.4 is 5.73 Å². The van der Waals surface area contributed by atoms with Crippen molar-refractivity contribution in [1.29, 1.82) is 0 Å². The average molecular weight is 272 g/mol. The highest BCUT2D eigenvalue weighted by Gasteiger charge is 2.12. The number of aromatic nitrogens is 2. The third kappa shape index (κ3) is 1.96. The minimum absolute atomic E-state index is 0.478. The molecule has 0 saturated heterocycles. The lowest BCUT2D eigenvalue weighted by molar-refractivity contribution is 1.09. The van der Waals surface area contributed by atoms with E-state index in [9.17, 15) is 0 Å². The summed E-state index contributed by atoms with van der Waals surface area (Å²) in [5.41, 5.74) is 11.2. The summed E-state index contributed by atoms with van der Waals surface area (Å²) < 4.78 is 1.94. The van der Waals surface area contributed by atoms with E-state index >= 15 is 0 Å². The Labute approximate surface area is 116 Å². The lowest BCUT2D eigenvalue weighted by atomic mass is 10.2. The summed E-state index contributed by atoms with van der Waals surface area (Å²) in [6.45, 7) is 4.07. The molecule has 0 aliphatic carbocycles. The monoisotopic (exact) mass is 271 g/mol. The van der Waals surface area contributed by atoms with Gasteiger partial charge in [-0.25, -0.2) is 4.98 Å². The van der Waals surface area contributed by atoms with Gasteiger partial charge in [-0.1, -0.05) is 23.7 Å². The quantitative estimate of drug-likeness (QED) is 0.730. The van der Waals surface area contributed by atoms with E-state index in [0.29, 0.717) is 11.0 Å². The number of hydrogen-bond donors (Lipinski definition) is 1. The topological polar surface area (TPSA) is 43.8 Å². The average Bonchev–Trinajstić information content (AvgIpc) is 2.67. The van der Waals surface area contributed by atoms with Gasteiger partial charge in [0.05, 0.1) is 16.7 Å². The highest BCUT2D eigenvalue weighted by atomic mass is 35.5. The zero-order valence-corrected chi connectivity index (χ0v) is 11.6. The van der Waals surface area contributed by atoms with Crippen molar-refractivity contribution in [2.75, 3.05) is 5.73 Å². The molecule has 0 spiro atoms. The SMILES string of the molecule is Cc1ccc2c(c1)nc(N)n2-c1cc(Cl)ccc1C. The van der Waals surface area contributed by atoms with Gasteiger partial charge in [0, 0.05) is 5.02 Å². The Bertz CT molecular complexity index is 774. The van der Waals surface area contributed by atoms with E-state index in [1.807, 2.05) is 48.7 Å². The maximum Gasteiger partial charge on any atom is 0.205 e. The van der Waals surface area contributed by atoms with E-state index in [0.717, 1.165) is 22.3 Å². The Kier molecular flexibility index (Phi) is 2.72. The van der Waals surface area contributed by atoms with Gasteiger partial charge in [-0.2, -0.15) is 0 Å². The first-order chi connectivity index (χ1) is 9.06. The van der Waals surface area contributed by atoms with Crippen LogP contribution in [-0.2, 0) is 0 Å². The second-order valence-electron chi connectivity index (χ2n) is 4.73. The summed E-state index contributed by atoms with van der Waals surface area (Å²) in [5, 5.41) is 0.689. The highest BCUT2D eigenvalue weighted by Crippen LogP contribution is 2.27. The van der Waals surface area contributed by atoms with Crippen LogP contribution in [0.25, 0.3) is 16.7 Å². The third-order valence-electron chi connectivity index (χ3n) is 3.25. The molecular weight excluding hydrogens is 258 g/mol. The van der Waals surface area contributed by atoms with Gasteiger partial charge in [0.25, 0.3) is 0 Å². The molecule has 0 fully saturated rings. The number of halogens is 1. The van der Waals surface area contributed by atoms with Crippen LogP contribution in [0.15, 0.2) is 36.4 Å². The number of anilines is 1. The van der Waals surface area contributed by atoms with Crippen LogP contribution in [0, 0.1) is 13.8 Å². The van der Waals surface area contributed by atoms with E-state index < -0.39 is 0 Å². The molecule has 0 unspecified atom stereocenters. The van der Waals surface area contributed by atoms with E-state index in [1.54, 1.807) is 0 Å². The van der Waals surface area contributed by atoms with Crippen LogP contribution in [0.3, 0.4) is 0 Å². The Morgan fingerprint density at radius 1 is 1.11 bits per heavy atom. The van der Waals surface area contributed by atoms with Gasteiger partial charge >= 0.3 is 0 Å². The van der Waals surface area contributed by atoms with Gasteiger partial charge < -0.3 is 5.73 Å². The number of nitrogen functional groups attached to an aromatic ring is 1. The van der Waals surface area contributed by atoms with E-state index in [2.05, 4.69) is 11.1 Å². The van der Waals surface area contributed by atoms with Crippen molar-refractivity contribution < 1.29 is 0 Å². The molecule has 0 amide bonds. The van der Waals surface area contributed by atoms with Crippen molar-refractivity contribution in [1.82, 2.24) is 9.55 Å². The lowest BCUT2D eigenvalue weighted by Gasteiger charge is -2.10. The van der Waals surface area contributed by atoms with E-state index in [4.69, 9.17) is 17.3 Å². The molecule has 2 aromatic carbocycles. The molecule has 0 aliphatic rings. The van der Waals surface area contributed by atoms with Gasteiger partial charge in [0.2, 0.25) is 5.95 Å². The van der Waals surface area contributed by atoms with Crippen LogP contribution >= 0.6 is 11.6 Å². The van der Waals surface area contributed by atoms with Crippen molar-refractivity contribution in [2.45, 2.75) is 13.8 Å². The fraction of sp³-hybridized carbons (Fsp3) is 0.133. The molecule has 96 valence electrons. The predicted octanol–water partition coefficient (Wildman–Crippen LogP) is 3.88. The first-order valence-corrected chi connectivity index (χ1v) is 6.45. The van der Waals surface area contributed by atoms with Crippen molar-refractivity contribution >= 4 is 28.6 Å². The number of imidazole rings is 1. The molecule has 0 atom stereocenters. The van der Waals surface area contributed by atoms with Crippen LogP contribution in [0.2, 0.25) is 5.02 Å². The zero-order valence-electron chi connectivity index (χ0n) is 10.8. The number of fused-ring (bicyclic) bond motifs is 1. The van der Waals surface area contributed by atoms with Crippen molar-refractivity contribution in [3.05, 3.63) is 52.5 Å². The normalized spacial score (nSPS) is 11.1. The minimum Gasteiger partial charge on any atom is -0.369 e. The molecular formula is C15H14ClN3. The Morgan fingerprint density at radius 3 is 2.68 bits per heavy atom. The summed E-state index contributed by atoms with van der Waals surface area (Å²) in [6.07, 6.45) is 0. The van der Waals surface area contributed by atoms with E-state index in [1.165, 1.54) is 5.56 Å². The first-order valence-electron chi connectivity index (χ1n) is 6.07. The molecule has 0 radical (unpaired) electrons. The molecule has 0 bridgehead atoms. The van der Waals surface area contributed by atoms with Gasteiger partial charge in [0.1, 0.15) is 0 Å².